The van der Waals surface area contributed by atoms with Crippen molar-refractivity contribution in [3.05, 3.63) is 0 Å². The second kappa shape index (κ2) is 2.97. The van der Waals surface area contributed by atoms with Crippen molar-refractivity contribution in [1.29, 1.82) is 0 Å². The molecule has 0 heterocycles. The van der Waals surface area contributed by atoms with Gasteiger partial charge in [0.25, 0.3) is 0 Å². The molecule has 0 aliphatic carbocycles. The average Bonchev–Trinajstić information content (AvgIpc) is 1.64. The minimum atomic E-state index is -0.681. The van der Waals surface area contributed by atoms with E-state index in [1.54, 1.807) is 6.26 Å². The maximum absolute atomic E-state index is 10.2. The fraction of sp³-hybridized carbons (Fsp3) is 0.800. The maximum atomic E-state index is 10.2. The minimum absolute atomic E-state index is 0.271. The predicted molar refractivity (Wildman–Crippen MR) is 36.4 cm³/mol. The largest absolute Gasteiger partial charge is 0.522 e. The lowest BCUT2D eigenvalue weighted by Gasteiger charge is -1.96. The molecule has 0 aliphatic rings. The molecule has 0 amide bonds. The highest BCUT2D eigenvalue weighted by atomic mass is 32.2. The highest BCUT2D eigenvalue weighted by molar-refractivity contribution is 8.10. The summed E-state index contributed by atoms with van der Waals surface area (Å²) < 4.78 is 0. The van der Waals surface area contributed by atoms with Crippen LogP contribution in [0.5, 0.6) is 0 Å². The van der Waals surface area contributed by atoms with Crippen LogP contribution in [0.4, 0.5) is 4.79 Å². The van der Waals surface area contributed by atoms with Gasteiger partial charge in [0.2, 0.25) is 0 Å². The first-order valence-electron chi connectivity index (χ1n) is 2.43. The van der Waals surface area contributed by atoms with Crippen LogP contribution < -0.4 is 0 Å². The van der Waals surface area contributed by atoms with Gasteiger partial charge in [0, 0.05) is 0 Å². The molecule has 0 spiro atoms. The van der Waals surface area contributed by atoms with Crippen molar-refractivity contribution in [3.8, 4) is 0 Å². The van der Waals surface area contributed by atoms with Gasteiger partial charge in [-0.3, -0.25) is 0 Å². The number of rotatable bonds is 1. The van der Waals surface area contributed by atoms with Gasteiger partial charge in [0.15, 0.2) is 0 Å². The van der Waals surface area contributed by atoms with E-state index < -0.39 is 16.2 Å². The molecule has 2 nitrogen and oxygen atoms in total. The first kappa shape index (κ1) is 7.82. The second-order valence-electron chi connectivity index (χ2n) is 1.87. The van der Waals surface area contributed by atoms with Gasteiger partial charge in [-0.25, -0.2) is 0 Å². The fourth-order valence-electron chi connectivity index (χ4n) is 0.202. The van der Waals surface area contributed by atoms with Crippen LogP contribution >= 0.6 is 0 Å². The zero-order valence-electron chi connectivity index (χ0n) is 5.34. The number of carboxylic acid groups (broad SMARTS) is 1. The van der Waals surface area contributed by atoms with E-state index >= 15 is 0 Å². The highest BCUT2D eigenvalue weighted by Crippen LogP contribution is 2.00. The summed E-state index contributed by atoms with van der Waals surface area (Å²) in [6.45, 7) is 3.83. The van der Waals surface area contributed by atoms with E-state index in [1.807, 2.05) is 13.8 Å². The molecule has 0 saturated carbocycles. The summed E-state index contributed by atoms with van der Waals surface area (Å²) in [5.74, 6) is 0. The topological polar surface area (TPSA) is 37.3 Å². The quantitative estimate of drug-likeness (QED) is 0.550. The van der Waals surface area contributed by atoms with Gasteiger partial charge in [-0.05, 0) is 13.8 Å². The van der Waals surface area contributed by atoms with Crippen molar-refractivity contribution < 1.29 is 9.90 Å². The van der Waals surface area contributed by atoms with Crippen LogP contribution in [0.1, 0.15) is 13.8 Å². The van der Waals surface area contributed by atoms with Gasteiger partial charge in [-0.15, -0.1) is 0 Å². The summed E-state index contributed by atoms with van der Waals surface area (Å²) in [7, 11) is -0.457. The SMILES string of the molecule is CC(C)[S+](C)C(=O)O. The summed E-state index contributed by atoms with van der Waals surface area (Å²) in [6.07, 6.45) is 1.74. The fourth-order valence-corrected chi connectivity index (χ4v) is 0.605. The number of hydrogen-bond acceptors (Lipinski definition) is 1. The zero-order valence-corrected chi connectivity index (χ0v) is 6.16. The molecule has 1 atom stereocenters. The van der Waals surface area contributed by atoms with E-state index in [2.05, 4.69) is 0 Å². The first-order valence-corrected chi connectivity index (χ1v) is 4.13. The Morgan fingerprint density at radius 2 is 2.00 bits per heavy atom. The van der Waals surface area contributed by atoms with Crippen LogP contribution in [-0.2, 0) is 10.9 Å². The highest BCUT2D eigenvalue weighted by Gasteiger charge is 2.25. The van der Waals surface area contributed by atoms with E-state index in [0.717, 1.165) is 0 Å². The van der Waals surface area contributed by atoms with E-state index in [0.29, 0.717) is 0 Å². The molecule has 8 heavy (non-hydrogen) atoms. The summed E-state index contributed by atoms with van der Waals surface area (Å²) in [4.78, 5) is 10.2. The van der Waals surface area contributed by atoms with Crippen LogP contribution in [-0.4, -0.2) is 21.9 Å². The Morgan fingerprint density at radius 1 is 1.62 bits per heavy atom. The molecule has 1 N–H and O–H groups in total. The molecule has 1 unspecified atom stereocenters. The first-order chi connectivity index (χ1) is 3.55. The maximum Gasteiger partial charge on any atom is 0.522 e. The van der Waals surface area contributed by atoms with Crippen LogP contribution in [0.25, 0.3) is 0 Å². The van der Waals surface area contributed by atoms with Crippen molar-refractivity contribution in [1.82, 2.24) is 0 Å². The Morgan fingerprint density at radius 3 is 2.00 bits per heavy atom. The molecule has 0 aromatic heterocycles. The van der Waals surface area contributed by atoms with E-state index in [1.165, 1.54) is 0 Å². The molecular formula is C5H11O2S+. The predicted octanol–water partition coefficient (Wildman–Crippen LogP) is 1.32. The van der Waals surface area contributed by atoms with Crippen molar-refractivity contribution in [2.75, 3.05) is 6.26 Å². The molecule has 0 aromatic rings. The summed E-state index contributed by atoms with van der Waals surface area (Å²) in [5, 5.41) is 7.96. The molecule has 0 aliphatic heterocycles. The van der Waals surface area contributed by atoms with Crippen LogP contribution in [0.3, 0.4) is 0 Å². The number of hydrogen-bond donors (Lipinski definition) is 1. The summed E-state index contributed by atoms with van der Waals surface area (Å²) in [6, 6.07) is 0. The minimum Gasteiger partial charge on any atom is -0.441 e. The van der Waals surface area contributed by atoms with Crippen molar-refractivity contribution in [2.45, 2.75) is 19.1 Å². The third-order valence-corrected chi connectivity index (χ3v) is 2.95. The van der Waals surface area contributed by atoms with Crippen molar-refractivity contribution >= 4 is 16.2 Å². The summed E-state index contributed by atoms with van der Waals surface area (Å²) >= 11 is 0. The smallest absolute Gasteiger partial charge is 0.441 e. The second-order valence-corrected chi connectivity index (χ2v) is 4.28. The Hall–Kier alpha value is -0.180. The van der Waals surface area contributed by atoms with Gasteiger partial charge >= 0.3 is 5.30 Å². The van der Waals surface area contributed by atoms with Gasteiger partial charge in [-0.1, -0.05) is 0 Å². The van der Waals surface area contributed by atoms with Crippen molar-refractivity contribution in [3.63, 3.8) is 0 Å². The third kappa shape index (κ3) is 2.21. The summed E-state index contributed by atoms with van der Waals surface area (Å²) in [5.41, 5.74) is 0. The number of carbonyl (C=O) groups is 1. The Bertz CT molecular complexity index is 90.4. The standard InChI is InChI=1S/C5H10O2S/c1-4(2)8(3)5(6)7/h4H,1-3H3/p+1. The molecule has 3 heteroatoms. The average molecular weight is 135 g/mol. The molecule has 0 fully saturated rings. The molecular weight excluding hydrogens is 124 g/mol. The lowest BCUT2D eigenvalue weighted by atomic mass is 10.6. The van der Waals surface area contributed by atoms with E-state index in [4.69, 9.17) is 5.11 Å². The van der Waals surface area contributed by atoms with Crippen LogP contribution in [0.2, 0.25) is 0 Å². The normalized spacial score (nSPS) is 14.0. The lowest BCUT2D eigenvalue weighted by molar-refractivity contribution is 0.221. The van der Waals surface area contributed by atoms with Gasteiger partial charge < -0.3 is 5.11 Å². The Kier molecular flexibility index (Phi) is 2.90. The zero-order chi connectivity index (χ0) is 6.73. The van der Waals surface area contributed by atoms with E-state index in [9.17, 15) is 4.79 Å². The van der Waals surface area contributed by atoms with Crippen LogP contribution in [0.15, 0.2) is 0 Å². The molecule has 0 saturated heterocycles. The Labute approximate surface area is 52.2 Å². The van der Waals surface area contributed by atoms with Crippen molar-refractivity contribution in [2.24, 2.45) is 0 Å². The monoisotopic (exact) mass is 135 g/mol. The van der Waals surface area contributed by atoms with E-state index in [-0.39, 0.29) is 5.25 Å². The van der Waals surface area contributed by atoms with Gasteiger partial charge in [0.1, 0.15) is 22.4 Å². The molecule has 0 bridgehead atoms. The molecule has 48 valence electrons. The lowest BCUT2D eigenvalue weighted by Crippen LogP contribution is -2.20. The molecule has 0 aromatic carbocycles. The third-order valence-electron chi connectivity index (χ3n) is 0.983. The molecule has 0 rings (SSSR count). The van der Waals surface area contributed by atoms with Gasteiger partial charge in [-0.2, -0.15) is 4.79 Å². The molecule has 0 radical (unpaired) electrons. The van der Waals surface area contributed by atoms with Crippen LogP contribution in [0, 0.1) is 0 Å². The Balaban J connectivity index is 3.64. The van der Waals surface area contributed by atoms with Gasteiger partial charge in [0.05, 0.1) is 0 Å².